The van der Waals surface area contributed by atoms with Gasteiger partial charge >= 0.3 is 0 Å². The summed E-state index contributed by atoms with van der Waals surface area (Å²) in [7, 11) is 1.79. The Bertz CT molecular complexity index is 635. The second kappa shape index (κ2) is 4.47. The van der Waals surface area contributed by atoms with Crippen molar-refractivity contribution in [3.63, 3.8) is 0 Å². The number of nitrogens with two attached hydrogens (primary N) is 1. The number of benzene rings is 1. The minimum Gasteiger partial charge on any atom is -0.419 e. The molecule has 2 heterocycles. The summed E-state index contributed by atoms with van der Waals surface area (Å²) in [5.74, 6) is 1.02. The van der Waals surface area contributed by atoms with Gasteiger partial charge in [0, 0.05) is 24.7 Å². The topological polar surface area (TPSA) is 85.2 Å². The van der Waals surface area contributed by atoms with E-state index in [0.717, 1.165) is 23.2 Å². The largest absolute Gasteiger partial charge is 0.419 e. The van der Waals surface area contributed by atoms with Crippen LogP contribution in [0.2, 0.25) is 0 Å². The van der Waals surface area contributed by atoms with Crippen molar-refractivity contribution in [3.05, 3.63) is 29.7 Å². The lowest BCUT2D eigenvalue weighted by Gasteiger charge is -2.25. The number of carbonyl (C=O) groups excluding carboxylic acids is 1. The minimum absolute atomic E-state index is 0.142. The van der Waals surface area contributed by atoms with Crippen molar-refractivity contribution in [2.75, 3.05) is 11.9 Å². The maximum atomic E-state index is 11.6. The third kappa shape index (κ3) is 2.00. The van der Waals surface area contributed by atoms with E-state index in [1.165, 1.54) is 0 Å². The van der Waals surface area contributed by atoms with Crippen molar-refractivity contribution < 1.29 is 9.21 Å². The molecular weight excluding hydrogens is 244 g/mol. The van der Waals surface area contributed by atoms with E-state index in [0.29, 0.717) is 18.2 Å². The Morgan fingerprint density at radius 1 is 1.37 bits per heavy atom. The average molecular weight is 258 g/mol. The zero-order valence-corrected chi connectivity index (χ0v) is 10.6. The highest BCUT2D eigenvalue weighted by Crippen LogP contribution is 2.30. The van der Waals surface area contributed by atoms with E-state index in [4.69, 9.17) is 10.2 Å². The lowest BCUT2D eigenvalue weighted by molar-refractivity contribution is -0.118. The monoisotopic (exact) mass is 258 g/mol. The molecule has 1 aliphatic heterocycles. The summed E-state index contributed by atoms with van der Waals surface area (Å²) in [6, 6.07) is 5.78. The van der Waals surface area contributed by atoms with Crippen LogP contribution in [0.5, 0.6) is 0 Å². The molecule has 0 aliphatic carbocycles. The SMILES string of the molecule is CN1C(=O)CCc2cc(-c3nnc(CN)o3)ccc21. The van der Waals surface area contributed by atoms with Gasteiger partial charge in [0.25, 0.3) is 0 Å². The van der Waals surface area contributed by atoms with Crippen molar-refractivity contribution in [3.8, 4) is 11.5 Å². The molecule has 1 amide bonds. The highest BCUT2D eigenvalue weighted by molar-refractivity contribution is 5.96. The maximum absolute atomic E-state index is 11.6. The number of hydrogen-bond acceptors (Lipinski definition) is 5. The zero-order chi connectivity index (χ0) is 13.4. The van der Waals surface area contributed by atoms with Gasteiger partial charge in [-0.25, -0.2) is 0 Å². The number of amides is 1. The number of hydrogen-bond donors (Lipinski definition) is 1. The van der Waals surface area contributed by atoms with Crippen LogP contribution in [-0.4, -0.2) is 23.2 Å². The fourth-order valence-corrected chi connectivity index (χ4v) is 2.24. The van der Waals surface area contributed by atoms with Crippen molar-refractivity contribution >= 4 is 11.6 Å². The van der Waals surface area contributed by atoms with Crippen LogP contribution in [0.1, 0.15) is 17.9 Å². The molecule has 1 aliphatic rings. The molecule has 1 aromatic heterocycles. The molecule has 0 spiro atoms. The Hall–Kier alpha value is -2.21. The summed E-state index contributed by atoms with van der Waals surface area (Å²) in [6.07, 6.45) is 1.27. The Labute approximate surface area is 110 Å². The first-order valence-electron chi connectivity index (χ1n) is 6.11. The number of rotatable bonds is 2. The van der Waals surface area contributed by atoms with Gasteiger partial charge in [0.2, 0.25) is 17.7 Å². The third-order valence-electron chi connectivity index (χ3n) is 3.31. The standard InChI is InChI=1S/C13H14N4O2/c1-17-10-4-2-9(6-8(10)3-5-12(17)18)13-16-15-11(7-14)19-13/h2,4,6H,3,5,7,14H2,1H3. The van der Waals surface area contributed by atoms with Gasteiger partial charge in [-0.2, -0.15) is 0 Å². The maximum Gasteiger partial charge on any atom is 0.247 e. The van der Waals surface area contributed by atoms with Crippen molar-refractivity contribution in [2.24, 2.45) is 5.73 Å². The highest BCUT2D eigenvalue weighted by atomic mass is 16.4. The first kappa shape index (κ1) is 11.9. The lowest BCUT2D eigenvalue weighted by atomic mass is 9.99. The summed E-state index contributed by atoms with van der Waals surface area (Å²) in [6.45, 7) is 0.231. The number of nitrogens with zero attached hydrogens (tertiary/aromatic N) is 3. The van der Waals surface area contributed by atoms with E-state index < -0.39 is 0 Å². The predicted molar refractivity (Wildman–Crippen MR) is 69.4 cm³/mol. The fraction of sp³-hybridized carbons (Fsp3) is 0.308. The van der Waals surface area contributed by atoms with Crippen molar-refractivity contribution in [1.82, 2.24) is 10.2 Å². The minimum atomic E-state index is 0.142. The molecule has 2 N–H and O–H groups in total. The Morgan fingerprint density at radius 2 is 2.21 bits per heavy atom. The van der Waals surface area contributed by atoms with Gasteiger partial charge in [-0.05, 0) is 30.2 Å². The van der Waals surface area contributed by atoms with Gasteiger partial charge in [-0.3, -0.25) is 4.79 Å². The normalized spacial score (nSPS) is 14.6. The molecule has 98 valence electrons. The van der Waals surface area contributed by atoms with E-state index in [9.17, 15) is 4.79 Å². The first-order valence-corrected chi connectivity index (χ1v) is 6.11. The summed E-state index contributed by atoms with van der Waals surface area (Å²) < 4.78 is 5.43. The Balaban J connectivity index is 1.99. The van der Waals surface area contributed by atoms with Crippen LogP contribution in [0.3, 0.4) is 0 Å². The quantitative estimate of drug-likeness (QED) is 0.872. The Morgan fingerprint density at radius 3 is 2.95 bits per heavy atom. The van der Waals surface area contributed by atoms with Gasteiger partial charge in [-0.1, -0.05) is 0 Å². The van der Waals surface area contributed by atoms with Gasteiger partial charge in [0.1, 0.15) is 0 Å². The molecule has 0 fully saturated rings. The molecule has 0 saturated heterocycles. The van der Waals surface area contributed by atoms with E-state index in [1.54, 1.807) is 11.9 Å². The summed E-state index contributed by atoms with van der Waals surface area (Å²) in [5.41, 5.74) is 8.36. The fourth-order valence-electron chi connectivity index (χ4n) is 2.24. The van der Waals surface area contributed by atoms with Gasteiger partial charge in [0.05, 0.1) is 6.54 Å². The highest BCUT2D eigenvalue weighted by Gasteiger charge is 2.21. The third-order valence-corrected chi connectivity index (χ3v) is 3.31. The predicted octanol–water partition coefficient (Wildman–Crippen LogP) is 1.10. The number of aryl methyl sites for hydroxylation is 1. The van der Waals surface area contributed by atoms with Crippen molar-refractivity contribution in [1.29, 1.82) is 0 Å². The lowest BCUT2D eigenvalue weighted by Crippen LogP contribution is -2.30. The first-order chi connectivity index (χ1) is 9.19. The van der Waals surface area contributed by atoms with Crippen LogP contribution in [-0.2, 0) is 17.8 Å². The molecule has 1 aromatic carbocycles. The molecule has 0 saturated carbocycles. The molecule has 19 heavy (non-hydrogen) atoms. The molecule has 0 atom stereocenters. The zero-order valence-electron chi connectivity index (χ0n) is 10.6. The number of fused-ring (bicyclic) bond motifs is 1. The van der Waals surface area contributed by atoms with Crippen LogP contribution in [0.25, 0.3) is 11.5 Å². The number of carbonyl (C=O) groups is 1. The molecule has 6 heteroatoms. The van der Waals surface area contributed by atoms with Crippen LogP contribution in [0.4, 0.5) is 5.69 Å². The van der Waals surface area contributed by atoms with E-state index in [2.05, 4.69) is 10.2 Å². The molecular formula is C13H14N4O2. The molecule has 0 unspecified atom stereocenters. The second-order valence-electron chi connectivity index (χ2n) is 4.50. The molecule has 3 rings (SSSR count). The van der Waals surface area contributed by atoms with Crippen molar-refractivity contribution in [2.45, 2.75) is 19.4 Å². The smallest absolute Gasteiger partial charge is 0.247 e. The molecule has 0 radical (unpaired) electrons. The van der Waals surface area contributed by atoms with E-state index >= 15 is 0 Å². The molecule has 6 nitrogen and oxygen atoms in total. The number of anilines is 1. The van der Waals surface area contributed by atoms with Gasteiger partial charge in [-0.15, -0.1) is 10.2 Å². The van der Waals surface area contributed by atoms with Gasteiger partial charge < -0.3 is 15.1 Å². The Kier molecular flexibility index (Phi) is 2.79. The second-order valence-corrected chi connectivity index (χ2v) is 4.50. The molecule has 0 bridgehead atoms. The number of aromatic nitrogens is 2. The van der Waals surface area contributed by atoms with Crippen LogP contribution in [0.15, 0.2) is 22.6 Å². The summed E-state index contributed by atoms with van der Waals surface area (Å²) >= 11 is 0. The average Bonchev–Trinajstić information content (AvgIpc) is 2.91. The van der Waals surface area contributed by atoms with Gasteiger partial charge in [0.15, 0.2) is 0 Å². The van der Waals surface area contributed by atoms with Crippen LogP contribution in [0, 0.1) is 0 Å². The van der Waals surface area contributed by atoms with Crippen LogP contribution < -0.4 is 10.6 Å². The van der Waals surface area contributed by atoms with Crippen LogP contribution >= 0.6 is 0 Å². The van der Waals surface area contributed by atoms with E-state index in [1.807, 2.05) is 18.2 Å². The summed E-state index contributed by atoms with van der Waals surface area (Å²) in [4.78, 5) is 13.3. The summed E-state index contributed by atoms with van der Waals surface area (Å²) in [5, 5.41) is 7.81. The van der Waals surface area contributed by atoms with E-state index in [-0.39, 0.29) is 12.5 Å². The molecule has 2 aromatic rings.